The fraction of sp³-hybridized carbons (Fsp3) is 0.444. The standard InChI is InChI=1S/C36H35F2N7O4/c1-3-19-6-4-7-20-12-23(49-35(46)39-2)13-24(27(19)20)30-29(38)31-28-32(45-16-22-8-9-25(40-22)26(45)17-47-33(28)41-30)43-34(42-31)48-18-36-10-5-11-44(36)15-21(37)14-36/h1,4,6-7,12-13,21-22,25-26,40H,5,8-11,14-18H2,2H3,(H,39,46)/t21-,22-,25+,26-,36+/m1/s1. The molecule has 5 atom stereocenters. The summed E-state index contributed by atoms with van der Waals surface area (Å²) in [4.78, 5) is 31.0. The molecule has 9 rings (SSSR count). The minimum atomic E-state index is -0.917. The van der Waals surface area contributed by atoms with E-state index in [9.17, 15) is 9.18 Å². The van der Waals surface area contributed by atoms with Crippen LogP contribution in [0.4, 0.5) is 19.4 Å². The van der Waals surface area contributed by atoms with Crippen LogP contribution in [0.3, 0.4) is 0 Å². The Morgan fingerprint density at radius 3 is 2.98 bits per heavy atom. The normalized spacial score (nSPS) is 26.9. The summed E-state index contributed by atoms with van der Waals surface area (Å²) >= 11 is 0. The molecule has 0 unspecified atom stereocenters. The monoisotopic (exact) mass is 667 g/mol. The predicted molar refractivity (Wildman–Crippen MR) is 178 cm³/mol. The number of carbonyl (C=O) groups excluding carboxylic acids is 1. The Balaban J connectivity index is 1.24. The number of ether oxygens (including phenoxy) is 3. The van der Waals surface area contributed by atoms with Gasteiger partial charge in [-0.15, -0.1) is 6.42 Å². The highest BCUT2D eigenvalue weighted by Gasteiger charge is 2.50. The van der Waals surface area contributed by atoms with Gasteiger partial charge in [0.25, 0.3) is 0 Å². The van der Waals surface area contributed by atoms with E-state index in [0.29, 0.717) is 59.2 Å². The molecule has 4 aromatic rings. The zero-order valence-corrected chi connectivity index (χ0v) is 27.0. The second-order valence-corrected chi connectivity index (χ2v) is 13.7. The molecule has 0 saturated carbocycles. The first-order chi connectivity index (χ1) is 23.8. The second kappa shape index (κ2) is 11.4. The van der Waals surface area contributed by atoms with Crippen LogP contribution in [-0.2, 0) is 0 Å². The van der Waals surface area contributed by atoms with Crippen molar-refractivity contribution in [2.24, 2.45) is 0 Å². The van der Waals surface area contributed by atoms with Crippen molar-refractivity contribution in [1.82, 2.24) is 30.5 Å². The zero-order valence-electron chi connectivity index (χ0n) is 27.0. The van der Waals surface area contributed by atoms with E-state index in [-0.39, 0.29) is 53.6 Å². The molecule has 5 aliphatic heterocycles. The largest absolute Gasteiger partial charge is 0.475 e. The maximum Gasteiger partial charge on any atom is 0.412 e. The molecule has 1 amide bonds. The number of pyridine rings is 1. The molecule has 5 aliphatic rings. The van der Waals surface area contributed by atoms with E-state index in [2.05, 4.69) is 31.3 Å². The van der Waals surface area contributed by atoms with Crippen molar-refractivity contribution in [3.05, 3.63) is 41.7 Å². The molecule has 0 radical (unpaired) electrons. The van der Waals surface area contributed by atoms with Gasteiger partial charge in [0.1, 0.15) is 47.5 Å². The van der Waals surface area contributed by atoms with Crippen LogP contribution in [0.1, 0.15) is 37.7 Å². The number of fused-ring (bicyclic) bond motifs is 7. The van der Waals surface area contributed by atoms with E-state index in [1.165, 1.54) is 7.05 Å². The lowest BCUT2D eigenvalue weighted by Gasteiger charge is -2.40. The zero-order chi connectivity index (χ0) is 33.4. The van der Waals surface area contributed by atoms with Gasteiger partial charge in [-0.25, -0.2) is 18.6 Å². The Hall–Kier alpha value is -4.80. The number of anilines is 1. The van der Waals surface area contributed by atoms with Gasteiger partial charge in [-0.2, -0.15) is 9.97 Å². The van der Waals surface area contributed by atoms with Gasteiger partial charge in [0, 0.05) is 55.2 Å². The van der Waals surface area contributed by atoms with Crippen molar-refractivity contribution in [2.45, 2.75) is 61.9 Å². The van der Waals surface area contributed by atoms with Gasteiger partial charge in [-0.3, -0.25) is 4.90 Å². The highest BCUT2D eigenvalue weighted by molar-refractivity contribution is 6.04. The van der Waals surface area contributed by atoms with E-state index < -0.39 is 23.6 Å². The van der Waals surface area contributed by atoms with Crippen molar-refractivity contribution in [2.75, 3.05) is 44.8 Å². The summed E-state index contributed by atoms with van der Waals surface area (Å²) in [6.45, 7) is 2.37. The molecule has 2 aromatic carbocycles. The first-order valence-corrected chi connectivity index (χ1v) is 16.9. The highest BCUT2D eigenvalue weighted by atomic mass is 19.1. The van der Waals surface area contributed by atoms with E-state index in [1.54, 1.807) is 24.3 Å². The number of rotatable bonds is 5. The Kier molecular flexibility index (Phi) is 7.03. The van der Waals surface area contributed by atoms with Gasteiger partial charge in [-0.05, 0) is 55.8 Å². The average Bonchev–Trinajstić information content (AvgIpc) is 3.74. The van der Waals surface area contributed by atoms with Gasteiger partial charge in [0.15, 0.2) is 5.82 Å². The van der Waals surface area contributed by atoms with E-state index in [1.807, 2.05) is 6.07 Å². The van der Waals surface area contributed by atoms with Crippen molar-refractivity contribution in [3.63, 3.8) is 0 Å². The number of terminal acetylenes is 1. The van der Waals surface area contributed by atoms with Crippen LogP contribution >= 0.6 is 0 Å². The number of piperazine rings is 1. The third-order valence-electron chi connectivity index (χ3n) is 10.9. The molecule has 7 heterocycles. The molecule has 49 heavy (non-hydrogen) atoms. The highest BCUT2D eigenvalue weighted by Crippen LogP contribution is 2.45. The summed E-state index contributed by atoms with van der Waals surface area (Å²) in [5.41, 5.74) is 0.321. The van der Waals surface area contributed by atoms with Crippen molar-refractivity contribution in [1.29, 1.82) is 0 Å². The Morgan fingerprint density at radius 2 is 2.12 bits per heavy atom. The van der Waals surface area contributed by atoms with Crippen LogP contribution in [0.5, 0.6) is 17.6 Å². The van der Waals surface area contributed by atoms with Crippen LogP contribution in [0, 0.1) is 18.2 Å². The van der Waals surface area contributed by atoms with Crippen LogP contribution < -0.4 is 29.7 Å². The lowest BCUT2D eigenvalue weighted by atomic mass is 9.95. The number of nitrogens with zero attached hydrogens (tertiary/aromatic N) is 5. The smallest absolute Gasteiger partial charge is 0.412 e. The van der Waals surface area contributed by atoms with Gasteiger partial charge in [0.2, 0.25) is 5.88 Å². The SMILES string of the molecule is C#Cc1cccc2cc(OC(=O)NC)cc(-c3nc4c5c(nc(OC[C@@]67CCCN6C[C@H](F)C7)nc5c3F)N3C[C@H]5CC[C@H](N5)[C@H]3CO4)c12. The van der Waals surface area contributed by atoms with Crippen LogP contribution in [0.15, 0.2) is 30.3 Å². The number of alkyl halides is 1. The number of nitrogens with one attached hydrogen (secondary N) is 2. The van der Waals surface area contributed by atoms with Crippen LogP contribution in [0.25, 0.3) is 32.9 Å². The van der Waals surface area contributed by atoms with E-state index in [0.717, 1.165) is 32.2 Å². The van der Waals surface area contributed by atoms with Crippen molar-refractivity contribution < 1.29 is 27.8 Å². The summed E-state index contributed by atoms with van der Waals surface area (Å²) in [7, 11) is 1.45. The summed E-state index contributed by atoms with van der Waals surface area (Å²) in [5.74, 6) is 2.86. The fourth-order valence-electron chi connectivity index (χ4n) is 8.73. The maximum atomic E-state index is 17.3. The van der Waals surface area contributed by atoms with Crippen LogP contribution in [0.2, 0.25) is 0 Å². The first-order valence-electron chi connectivity index (χ1n) is 16.9. The lowest BCUT2D eigenvalue weighted by Crippen LogP contribution is -2.60. The maximum absolute atomic E-state index is 17.3. The molecular weight excluding hydrogens is 632 g/mol. The molecule has 0 spiro atoms. The second-order valence-electron chi connectivity index (χ2n) is 13.7. The summed E-state index contributed by atoms with van der Waals surface area (Å²) < 4.78 is 50.1. The van der Waals surface area contributed by atoms with E-state index >= 15 is 4.39 Å². The molecule has 2 N–H and O–H groups in total. The summed E-state index contributed by atoms with van der Waals surface area (Å²) in [6, 6.07) is 8.94. The summed E-state index contributed by atoms with van der Waals surface area (Å²) in [5, 5.41) is 7.69. The fourth-order valence-corrected chi connectivity index (χ4v) is 8.73. The Morgan fingerprint density at radius 1 is 1.22 bits per heavy atom. The quantitative estimate of drug-likeness (QED) is 0.298. The number of benzene rings is 2. The first kappa shape index (κ1) is 30.3. The number of amides is 1. The molecule has 4 saturated heterocycles. The van der Waals surface area contributed by atoms with Gasteiger partial charge >= 0.3 is 12.1 Å². The number of hydrogen-bond acceptors (Lipinski definition) is 10. The number of aromatic nitrogens is 3. The van der Waals surface area contributed by atoms with Crippen LogP contribution in [-0.4, -0.2) is 95.7 Å². The van der Waals surface area contributed by atoms with E-state index in [4.69, 9.17) is 30.6 Å². The minimum Gasteiger partial charge on any atom is -0.475 e. The average molecular weight is 668 g/mol. The van der Waals surface area contributed by atoms with Gasteiger partial charge in [0.05, 0.1) is 11.6 Å². The molecule has 11 nitrogen and oxygen atoms in total. The summed E-state index contributed by atoms with van der Waals surface area (Å²) in [6.07, 6.45) is 8.50. The molecule has 4 fully saturated rings. The lowest BCUT2D eigenvalue weighted by molar-refractivity contribution is 0.107. The Labute approximate surface area is 281 Å². The third kappa shape index (κ3) is 4.83. The molecule has 0 aliphatic carbocycles. The minimum absolute atomic E-state index is 0.00828. The topological polar surface area (TPSA) is 114 Å². The predicted octanol–water partition coefficient (Wildman–Crippen LogP) is 4.34. The van der Waals surface area contributed by atoms with Crippen molar-refractivity contribution in [3.8, 4) is 41.2 Å². The molecule has 2 aromatic heterocycles. The molecule has 13 heteroatoms. The number of hydrogen-bond donors (Lipinski definition) is 2. The van der Waals surface area contributed by atoms with Crippen molar-refractivity contribution >= 4 is 33.6 Å². The molecule has 252 valence electrons. The van der Waals surface area contributed by atoms with Gasteiger partial charge in [-0.1, -0.05) is 18.1 Å². The third-order valence-corrected chi connectivity index (χ3v) is 10.9. The Bertz CT molecular complexity index is 2070. The number of halogens is 2. The molecular formula is C36H35F2N7O4. The molecule has 2 bridgehead atoms. The number of carbonyl (C=O) groups is 1. The van der Waals surface area contributed by atoms with Gasteiger partial charge < -0.3 is 29.7 Å².